The first-order valence-electron chi connectivity index (χ1n) is 8.18. The lowest BCUT2D eigenvalue weighted by Gasteiger charge is -2.11. The minimum atomic E-state index is -3.83. The summed E-state index contributed by atoms with van der Waals surface area (Å²) in [5.41, 5.74) is 2.49. The van der Waals surface area contributed by atoms with Crippen LogP contribution in [0.1, 0.15) is 5.56 Å². The van der Waals surface area contributed by atoms with E-state index in [0.717, 1.165) is 16.1 Å². The zero-order chi connectivity index (χ0) is 18.9. The summed E-state index contributed by atoms with van der Waals surface area (Å²) in [7, 11) is -3.83. The van der Waals surface area contributed by atoms with Gasteiger partial charge in [0.15, 0.2) is 5.03 Å². The van der Waals surface area contributed by atoms with Crippen molar-refractivity contribution in [3.8, 4) is 16.3 Å². The predicted octanol–water partition coefficient (Wildman–Crippen LogP) is 4.11. The van der Waals surface area contributed by atoms with Crippen molar-refractivity contribution in [1.29, 1.82) is 0 Å². The van der Waals surface area contributed by atoms with Gasteiger partial charge in [-0.15, -0.1) is 11.3 Å². The van der Waals surface area contributed by atoms with Crippen LogP contribution in [0.15, 0.2) is 77.3 Å². The number of para-hydroxylation sites is 1. The third-order valence-electron chi connectivity index (χ3n) is 3.98. The second kappa shape index (κ2) is 6.98. The molecule has 1 N–H and O–H groups in total. The van der Waals surface area contributed by atoms with Gasteiger partial charge in [0, 0.05) is 12.3 Å². The summed E-state index contributed by atoms with van der Waals surface area (Å²) in [6.07, 6.45) is 1.45. The monoisotopic (exact) mass is 396 g/mol. The fraction of sp³-hybridized carbons (Fsp3) is 0.0526. The summed E-state index contributed by atoms with van der Waals surface area (Å²) in [4.78, 5) is 4.90. The minimum absolute atomic E-state index is 0.0415. The first kappa shape index (κ1) is 17.4. The zero-order valence-corrected chi connectivity index (χ0v) is 16.0. The number of thiophene rings is 1. The number of pyridine rings is 1. The average molecular weight is 396 g/mol. The molecule has 0 spiro atoms. The lowest BCUT2D eigenvalue weighted by molar-refractivity contribution is 0.597. The second-order valence-corrected chi connectivity index (χ2v) is 8.44. The van der Waals surface area contributed by atoms with Gasteiger partial charge in [0.25, 0.3) is 10.0 Å². The SMILES string of the molecule is Cc1ccccc1-n1nc(-c2cccs2)cc1NS(=O)(=O)c1ccccn1. The van der Waals surface area contributed by atoms with Crippen LogP contribution < -0.4 is 4.72 Å². The van der Waals surface area contributed by atoms with Crippen LogP contribution in [0.25, 0.3) is 16.3 Å². The maximum Gasteiger partial charge on any atom is 0.280 e. The Bertz CT molecular complexity index is 1170. The minimum Gasteiger partial charge on any atom is -0.262 e. The van der Waals surface area contributed by atoms with Crippen LogP contribution in [0.2, 0.25) is 0 Å². The number of hydrogen-bond donors (Lipinski definition) is 1. The van der Waals surface area contributed by atoms with Gasteiger partial charge in [-0.05, 0) is 42.1 Å². The molecule has 0 bridgehead atoms. The van der Waals surface area contributed by atoms with Crippen molar-refractivity contribution in [3.63, 3.8) is 0 Å². The molecule has 6 nitrogen and oxygen atoms in total. The summed E-state index contributed by atoms with van der Waals surface area (Å²) < 4.78 is 29.7. The Balaban J connectivity index is 1.83. The number of hydrogen-bond acceptors (Lipinski definition) is 5. The highest BCUT2D eigenvalue weighted by molar-refractivity contribution is 7.92. The number of nitrogens with zero attached hydrogens (tertiary/aromatic N) is 3. The molecule has 4 rings (SSSR count). The number of rotatable bonds is 5. The van der Waals surface area contributed by atoms with Gasteiger partial charge in [0.2, 0.25) is 0 Å². The fourth-order valence-electron chi connectivity index (χ4n) is 2.68. The van der Waals surface area contributed by atoms with Crippen molar-refractivity contribution in [2.24, 2.45) is 0 Å². The van der Waals surface area contributed by atoms with E-state index in [4.69, 9.17) is 0 Å². The Morgan fingerprint density at radius 2 is 1.85 bits per heavy atom. The van der Waals surface area contributed by atoms with E-state index in [1.54, 1.807) is 34.2 Å². The standard InChI is InChI=1S/C19H16N4O2S2/c1-14-7-2-3-8-16(14)23-18(13-15(21-23)17-9-6-12-26-17)22-27(24,25)19-10-4-5-11-20-19/h2-13,22H,1H3. The maximum absolute atomic E-state index is 12.8. The molecule has 3 aromatic heterocycles. The lowest BCUT2D eigenvalue weighted by Crippen LogP contribution is -2.17. The molecule has 3 heterocycles. The van der Waals surface area contributed by atoms with E-state index in [1.807, 2.05) is 48.7 Å². The van der Waals surface area contributed by atoms with E-state index in [0.29, 0.717) is 11.5 Å². The topological polar surface area (TPSA) is 76.9 Å². The summed E-state index contributed by atoms with van der Waals surface area (Å²) in [6.45, 7) is 1.96. The van der Waals surface area contributed by atoms with Crippen LogP contribution >= 0.6 is 11.3 Å². The summed E-state index contributed by atoms with van der Waals surface area (Å²) in [5, 5.41) is 6.56. The molecule has 0 unspecified atom stereocenters. The number of sulfonamides is 1. The van der Waals surface area contributed by atoms with E-state index < -0.39 is 10.0 Å². The quantitative estimate of drug-likeness (QED) is 0.551. The molecular formula is C19H16N4O2S2. The van der Waals surface area contributed by atoms with Crippen molar-refractivity contribution >= 4 is 27.2 Å². The van der Waals surface area contributed by atoms with Crippen molar-refractivity contribution < 1.29 is 8.42 Å². The summed E-state index contributed by atoms with van der Waals surface area (Å²) in [6, 6.07) is 18.1. The number of benzene rings is 1. The molecular weight excluding hydrogens is 380 g/mol. The summed E-state index contributed by atoms with van der Waals surface area (Å²) in [5.74, 6) is 0.360. The molecule has 0 aliphatic heterocycles. The van der Waals surface area contributed by atoms with Crippen molar-refractivity contribution in [3.05, 3.63) is 77.8 Å². The first-order chi connectivity index (χ1) is 13.0. The zero-order valence-electron chi connectivity index (χ0n) is 14.4. The first-order valence-corrected chi connectivity index (χ1v) is 10.5. The Morgan fingerprint density at radius 1 is 1.04 bits per heavy atom. The third kappa shape index (κ3) is 3.49. The third-order valence-corrected chi connectivity index (χ3v) is 6.14. The molecule has 0 radical (unpaired) electrons. The second-order valence-electron chi connectivity index (χ2n) is 5.86. The van der Waals surface area contributed by atoms with Gasteiger partial charge in [0.05, 0.1) is 10.6 Å². The molecule has 1 aromatic carbocycles. The molecule has 0 saturated carbocycles. The molecule has 0 fully saturated rings. The smallest absolute Gasteiger partial charge is 0.262 e. The molecule has 0 aliphatic rings. The fourth-order valence-corrected chi connectivity index (χ4v) is 4.34. The Hall–Kier alpha value is -2.97. The Morgan fingerprint density at radius 3 is 2.56 bits per heavy atom. The lowest BCUT2D eigenvalue weighted by atomic mass is 10.2. The maximum atomic E-state index is 12.8. The normalized spacial score (nSPS) is 11.4. The van der Waals surface area contributed by atoms with E-state index in [2.05, 4.69) is 14.8 Å². The van der Waals surface area contributed by atoms with Gasteiger partial charge in [-0.3, -0.25) is 4.72 Å². The largest absolute Gasteiger partial charge is 0.280 e. The summed E-state index contributed by atoms with van der Waals surface area (Å²) >= 11 is 1.55. The Labute approximate surface area is 161 Å². The van der Waals surface area contributed by atoms with Gasteiger partial charge in [-0.1, -0.05) is 30.3 Å². The molecule has 4 aromatic rings. The molecule has 0 aliphatic carbocycles. The highest BCUT2D eigenvalue weighted by atomic mass is 32.2. The van der Waals surface area contributed by atoms with Gasteiger partial charge in [0.1, 0.15) is 11.5 Å². The molecule has 0 amide bonds. The van der Waals surface area contributed by atoms with E-state index in [9.17, 15) is 8.42 Å². The Kier molecular flexibility index (Phi) is 4.51. The van der Waals surface area contributed by atoms with Crippen molar-refractivity contribution in [2.75, 3.05) is 4.72 Å². The van der Waals surface area contributed by atoms with E-state index >= 15 is 0 Å². The number of aromatic nitrogens is 3. The van der Waals surface area contributed by atoms with Gasteiger partial charge >= 0.3 is 0 Å². The highest BCUT2D eigenvalue weighted by Gasteiger charge is 2.21. The van der Waals surface area contributed by atoms with Crippen molar-refractivity contribution in [2.45, 2.75) is 11.9 Å². The number of aryl methyl sites for hydroxylation is 1. The molecule has 136 valence electrons. The van der Waals surface area contributed by atoms with Gasteiger partial charge in [-0.25, -0.2) is 9.67 Å². The van der Waals surface area contributed by atoms with Crippen LogP contribution in [0, 0.1) is 6.92 Å². The van der Waals surface area contributed by atoms with Crippen LogP contribution in [0.3, 0.4) is 0 Å². The van der Waals surface area contributed by atoms with E-state index in [-0.39, 0.29) is 5.03 Å². The van der Waals surface area contributed by atoms with Crippen LogP contribution in [-0.2, 0) is 10.0 Å². The highest BCUT2D eigenvalue weighted by Crippen LogP contribution is 2.29. The molecule has 27 heavy (non-hydrogen) atoms. The van der Waals surface area contributed by atoms with Crippen LogP contribution in [0.5, 0.6) is 0 Å². The van der Waals surface area contributed by atoms with Gasteiger partial charge in [-0.2, -0.15) is 13.5 Å². The molecule has 0 atom stereocenters. The van der Waals surface area contributed by atoms with E-state index in [1.165, 1.54) is 12.3 Å². The molecule has 8 heteroatoms. The van der Waals surface area contributed by atoms with Crippen LogP contribution in [0.4, 0.5) is 5.82 Å². The van der Waals surface area contributed by atoms with Crippen molar-refractivity contribution in [1.82, 2.24) is 14.8 Å². The number of anilines is 1. The predicted molar refractivity (Wildman–Crippen MR) is 107 cm³/mol. The van der Waals surface area contributed by atoms with Gasteiger partial charge < -0.3 is 0 Å². The molecule has 0 saturated heterocycles. The average Bonchev–Trinajstić information content (AvgIpc) is 3.33. The van der Waals surface area contributed by atoms with Crippen LogP contribution in [-0.4, -0.2) is 23.2 Å². The number of nitrogens with one attached hydrogen (secondary N) is 1.